The summed E-state index contributed by atoms with van der Waals surface area (Å²) in [4.78, 5) is 38.3. The highest BCUT2D eigenvalue weighted by Gasteiger charge is 2.29. The standard InChI is InChI=1S/C31H37N5O5S/c1-22(37)12-18-27(30(38)34-20-24-13-16-26(17-14-24)29(32)33)35-31(39)28(19-15-23-8-4-2-5-9-23)36-42(40,41)21-25-10-6-3-7-11-25/h2-11,13-14,16-17,27-28,36H,12,15,18-21H2,1H3,(H3,32,33)(H,34,38)(H,35,39)/t27-,28+/m0/s1. The highest BCUT2D eigenvalue weighted by atomic mass is 32.2. The summed E-state index contributed by atoms with van der Waals surface area (Å²) in [5.74, 6) is -1.68. The summed E-state index contributed by atoms with van der Waals surface area (Å²) < 4.78 is 28.6. The summed E-state index contributed by atoms with van der Waals surface area (Å²) in [5, 5.41) is 12.9. The summed E-state index contributed by atoms with van der Waals surface area (Å²) in [6.45, 7) is 1.54. The van der Waals surface area contributed by atoms with Crippen LogP contribution in [0.4, 0.5) is 0 Å². The molecule has 2 amide bonds. The van der Waals surface area contributed by atoms with Gasteiger partial charge in [0.1, 0.15) is 23.7 Å². The van der Waals surface area contributed by atoms with Gasteiger partial charge in [-0.25, -0.2) is 13.1 Å². The molecule has 0 aliphatic heterocycles. The first kappa shape index (κ1) is 32.2. The molecule has 11 heteroatoms. The number of carbonyl (C=O) groups excluding carboxylic acids is 3. The smallest absolute Gasteiger partial charge is 0.242 e. The van der Waals surface area contributed by atoms with Crippen LogP contribution >= 0.6 is 0 Å². The highest BCUT2D eigenvalue weighted by Crippen LogP contribution is 2.11. The minimum absolute atomic E-state index is 0.0539. The van der Waals surface area contributed by atoms with Gasteiger partial charge in [-0.2, -0.15) is 0 Å². The Hall–Kier alpha value is -4.35. The predicted octanol–water partition coefficient (Wildman–Crippen LogP) is 2.56. The van der Waals surface area contributed by atoms with Crippen molar-refractivity contribution in [3.05, 3.63) is 107 Å². The van der Waals surface area contributed by atoms with Crippen molar-refractivity contribution in [3.8, 4) is 0 Å². The summed E-state index contributed by atoms with van der Waals surface area (Å²) in [7, 11) is -3.91. The Kier molecular flexibility index (Phi) is 11.9. The number of sulfonamides is 1. The van der Waals surface area contributed by atoms with Gasteiger partial charge in [0.05, 0.1) is 5.75 Å². The van der Waals surface area contributed by atoms with Gasteiger partial charge in [0, 0.05) is 18.5 Å². The zero-order chi connectivity index (χ0) is 30.5. The molecule has 0 saturated carbocycles. The maximum absolute atomic E-state index is 13.5. The number of carbonyl (C=O) groups is 3. The second kappa shape index (κ2) is 15.6. The van der Waals surface area contributed by atoms with Crippen LogP contribution in [0, 0.1) is 5.41 Å². The number of nitrogens with two attached hydrogens (primary N) is 1. The first-order chi connectivity index (χ1) is 20.0. The largest absolute Gasteiger partial charge is 0.384 e. The fraction of sp³-hybridized carbons (Fsp3) is 0.290. The number of rotatable bonds is 16. The third-order valence-electron chi connectivity index (χ3n) is 6.55. The van der Waals surface area contributed by atoms with E-state index in [9.17, 15) is 22.8 Å². The lowest BCUT2D eigenvalue weighted by atomic mass is 10.0. The molecule has 0 radical (unpaired) electrons. The number of amides is 2. The van der Waals surface area contributed by atoms with Gasteiger partial charge in [-0.15, -0.1) is 0 Å². The van der Waals surface area contributed by atoms with Crippen molar-refractivity contribution in [1.29, 1.82) is 5.41 Å². The number of hydrogen-bond acceptors (Lipinski definition) is 6. The lowest BCUT2D eigenvalue weighted by molar-refractivity contribution is -0.130. The van der Waals surface area contributed by atoms with E-state index in [4.69, 9.17) is 11.1 Å². The van der Waals surface area contributed by atoms with Crippen LogP contribution in [0.15, 0.2) is 84.9 Å². The Labute approximate surface area is 246 Å². The van der Waals surface area contributed by atoms with E-state index in [1.807, 2.05) is 30.3 Å². The molecular weight excluding hydrogens is 554 g/mol. The van der Waals surface area contributed by atoms with Crippen LogP contribution in [-0.2, 0) is 43.1 Å². The quantitative estimate of drug-likeness (QED) is 0.127. The topological polar surface area (TPSA) is 171 Å². The van der Waals surface area contributed by atoms with Crippen LogP contribution in [0.1, 0.15) is 48.4 Å². The van der Waals surface area contributed by atoms with Gasteiger partial charge in [0.2, 0.25) is 21.8 Å². The highest BCUT2D eigenvalue weighted by molar-refractivity contribution is 7.88. The molecular formula is C31H37N5O5S. The van der Waals surface area contributed by atoms with E-state index in [0.717, 1.165) is 11.1 Å². The van der Waals surface area contributed by atoms with E-state index in [1.165, 1.54) is 6.92 Å². The van der Waals surface area contributed by atoms with Crippen molar-refractivity contribution in [1.82, 2.24) is 15.4 Å². The van der Waals surface area contributed by atoms with Gasteiger partial charge in [-0.3, -0.25) is 15.0 Å². The molecule has 0 aliphatic rings. The van der Waals surface area contributed by atoms with Crippen molar-refractivity contribution in [2.24, 2.45) is 5.73 Å². The van der Waals surface area contributed by atoms with Gasteiger partial charge in [0.15, 0.2) is 0 Å². The number of amidine groups is 1. The molecule has 10 nitrogen and oxygen atoms in total. The summed E-state index contributed by atoms with van der Waals surface area (Å²) in [6, 6.07) is 22.6. The fourth-order valence-electron chi connectivity index (χ4n) is 4.25. The van der Waals surface area contributed by atoms with Crippen LogP contribution in [0.25, 0.3) is 0 Å². The average molecular weight is 592 g/mol. The number of nitrogens with one attached hydrogen (secondary N) is 4. The second-order valence-corrected chi connectivity index (χ2v) is 11.8. The molecule has 0 heterocycles. The Morgan fingerprint density at radius 2 is 1.38 bits per heavy atom. The maximum atomic E-state index is 13.5. The molecule has 0 aromatic heterocycles. The van der Waals surface area contributed by atoms with Crippen LogP contribution < -0.4 is 21.1 Å². The number of nitrogen functional groups attached to an aromatic ring is 1. The number of ketones is 1. The lowest BCUT2D eigenvalue weighted by Gasteiger charge is -2.23. The van der Waals surface area contributed by atoms with E-state index < -0.39 is 33.9 Å². The molecule has 0 spiro atoms. The van der Waals surface area contributed by atoms with Crippen LogP contribution in [0.3, 0.4) is 0 Å². The molecule has 0 bridgehead atoms. The molecule has 0 fully saturated rings. The molecule has 42 heavy (non-hydrogen) atoms. The molecule has 6 N–H and O–H groups in total. The maximum Gasteiger partial charge on any atom is 0.242 e. The number of aryl methyl sites for hydroxylation is 1. The molecule has 3 aromatic carbocycles. The molecule has 2 atom stereocenters. The van der Waals surface area contributed by atoms with Gasteiger partial charge < -0.3 is 21.2 Å². The second-order valence-electron chi connectivity index (χ2n) is 10.1. The van der Waals surface area contributed by atoms with Gasteiger partial charge in [0.25, 0.3) is 0 Å². The zero-order valence-corrected chi connectivity index (χ0v) is 24.3. The lowest BCUT2D eigenvalue weighted by Crippen LogP contribution is -2.54. The summed E-state index contributed by atoms with van der Waals surface area (Å²) in [5.41, 5.74) is 8.29. The van der Waals surface area contributed by atoms with Crippen LogP contribution in [0.2, 0.25) is 0 Å². The predicted molar refractivity (Wildman–Crippen MR) is 162 cm³/mol. The van der Waals surface area contributed by atoms with Gasteiger partial charge >= 0.3 is 0 Å². The number of hydrogen-bond donors (Lipinski definition) is 5. The van der Waals surface area contributed by atoms with Crippen LogP contribution in [-0.4, -0.2) is 43.9 Å². The molecule has 3 rings (SSSR count). The van der Waals surface area contributed by atoms with E-state index >= 15 is 0 Å². The normalized spacial score (nSPS) is 12.6. The van der Waals surface area contributed by atoms with Crippen molar-refractivity contribution in [2.45, 2.75) is 57.0 Å². The van der Waals surface area contributed by atoms with E-state index in [2.05, 4.69) is 15.4 Å². The molecule has 0 saturated heterocycles. The third kappa shape index (κ3) is 10.9. The fourth-order valence-corrected chi connectivity index (χ4v) is 5.63. The molecule has 0 aliphatic carbocycles. The van der Waals surface area contributed by atoms with Crippen molar-refractivity contribution >= 4 is 33.5 Å². The Balaban J connectivity index is 1.74. The first-order valence-corrected chi connectivity index (χ1v) is 15.3. The summed E-state index contributed by atoms with van der Waals surface area (Å²) in [6.07, 6.45) is 0.694. The van der Waals surface area contributed by atoms with Crippen molar-refractivity contribution in [3.63, 3.8) is 0 Å². The minimum atomic E-state index is -3.91. The number of benzene rings is 3. The minimum Gasteiger partial charge on any atom is -0.384 e. The Bertz CT molecular complexity index is 1460. The van der Waals surface area contributed by atoms with Crippen LogP contribution in [0.5, 0.6) is 0 Å². The molecule has 0 unspecified atom stereocenters. The van der Waals surface area contributed by atoms with Gasteiger partial charge in [-0.1, -0.05) is 84.9 Å². The number of Topliss-reactive ketones (excluding diaryl/α,β-unsaturated/α-hetero) is 1. The SMILES string of the molecule is CC(=O)CC[C@H](NC(=O)[C@@H](CCc1ccccc1)NS(=O)(=O)Cc1ccccc1)C(=O)NCc1ccc(C(=N)N)cc1. The zero-order valence-electron chi connectivity index (χ0n) is 23.5. The Morgan fingerprint density at radius 1 is 0.786 bits per heavy atom. The summed E-state index contributed by atoms with van der Waals surface area (Å²) >= 11 is 0. The van der Waals surface area contributed by atoms with E-state index in [0.29, 0.717) is 17.5 Å². The molecule has 3 aromatic rings. The monoisotopic (exact) mass is 591 g/mol. The Morgan fingerprint density at radius 3 is 1.95 bits per heavy atom. The molecule has 222 valence electrons. The van der Waals surface area contributed by atoms with Crippen molar-refractivity contribution < 1.29 is 22.8 Å². The average Bonchev–Trinajstić information content (AvgIpc) is 2.96. The third-order valence-corrected chi connectivity index (χ3v) is 7.91. The first-order valence-electron chi connectivity index (χ1n) is 13.6. The van der Waals surface area contributed by atoms with Crippen molar-refractivity contribution in [2.75, 3.05) is 0 Å². The van der Waals surface area contributed by atoms with E-state index in [1.54, 1.807) is 54.6 Å². The van der Waals surface area contributed by atoms with E-state index in [-0.39, 0.29) is 43.2 Å². The van der Waals surface area contributed by atoms with Gasteiger partial charge in [-0.05, 0) is 42.9 Å².